The summed E-state index contributed by atoms with van der Waals surface area (Å²) < 4.78 is 1.04. The highest BCUT2D eigenvalue weighted by atomic mass is 79.9. The summed E-state index contributed by atoms with van der Waals surface area (Å²) in [6.07, 6.45) is 3.23. The van der Waals surface area contributed by atoms with Crippen molar-refractivity contribution in [1.82, 2.24) is 0 Å². The molecule has 0 saturated heterocycles. The van der Waals surface area contributed by atoms with Gasteiger partial charge in [-0.2, -0.15) is 11.8 Å². The average Bonchev–Trinajstić information content (AvgIpc) is 2.34. The third-order valence-corrected chi connectivity index (χ3v) is 4.41. The minimum absolute atomic E-state index is 0.448. The van der Waals surface area contributed by atoms with Crippen molar-refractivity contribution in [1.29, 1.82) is 0 Å². The zero-order chi connectivity index (χ0) is 13.7. The lowest BCUT2D eigenvalue weighted by molar-refractivity contribution is 0.673. The fourth-order valence-corrected chi connectivity index (χ4v) is 3.26. The highest BCUT2D eigenvalue weighted by Gasteiger charge is 2.17. The molecule has 1 aromatic carbocycles. The van der Waals surface area contributed by atoms with Crippen LogP contribution in [0.2, 0.25) is 0 Å². The van der Waals surface area contributed by atoms with Crippen LogP contribution < -0.4 is 10.6 Å². The summed E-state index contributed by atoms with van der Waals surface area (Å²) >= 11 is 10.5. The number of nitrogens with two attached hydrogens (primary N) is 1. The van der Waals surface area contributed by atoms with Gasteiger partial charge in [0.05, 0.1) is 0 Å². The molecular weight excluding hydrogens is 328 g/mol. The van der Waals surface area contributed by atoms with E-state index in [-0.39, 0.29) is 0 Å². The molecule has 0 saturated carbocycles. The molecule has 100 valence electrons. The molecule has 0 aliphatic rings. The third-order valence-electron chi connectivity index (χ3n) is 2.98. The maximum Gasteiger partial charge on any atom is 0.106 e. The van der Waals surface area contributed by atoms with E-state index in [1.54, 1.807) is 0 Å². The van der Waals surface area contributed by atoms with Crippen LogP contribution >= 0.6 is 39.9 Å². The fraction of sp³-hybridized carbons (Fsp3) is 0.462. The molecule has 18 heavy (non-hydrogen) atoms. The lowest BCUT2D eigenvalue weighted by atomic mass is 10.1. The number of halogens is 1. The van der Waals surface area contributed by atoms with Crippen molar-refractivity contribution < 1.29 is 0 Å². The van der Waals surface area contributed by atoms with Crippen LogP contribution in [0.25, 0.3) is 0 Å². The van der Waals surface area contributed by atoms with Gasteiger partial charge in [-0.15, -0.1) is 0 Å². The van der Waals surface area contributed by atoms with Crippen LogP contribution in [0.15, 0.2) is 22.7 Å². The van der Waals surface area contributed by atoms with Crippen molar-refractivity contribution in [3.8, 4) is 0 Å². The van der Waals surface area contributed by atoms with Crippen LogP contribution in [0.3, 0.4) is 0 Å². The first-order valence-electron chi connectivity index (χ1n) is 5.82. The Balaban J connectivity index is 3.13. The number of anilines is 1. The highest BCUT2D eigenvalue weighted by Crippen LogP contribution is 2.27. The van der Waals surface area contributed by atoms with Gasteiger partial charge >= 0.3 is 0 Å². The van der Waals surface area contributed by atoms with Crippen molar-refractivity contribution in [3.63, 3.8) is 0 Å². The van der Waals surface area contributed by atoms with E-state index in [1.165, 1.54) is 0 Å². The zero-order valence-corrected chi connectivity index (χ0v) is 14.2. The first-order chi connectivity index (χ1) is 8.51. The topological polar surface area (TPSA) is 29.3 Å². The van der Waals surface area contributed by atoms with Gasteiger partial charge in [-0.25, -0.2) is 0 Å². The number of rotatable bonds is 6. The first-order valence-corrected chi connectivity index (χ1v) is 8.41. The summed E-state index contributed by atoms with van der Waals surface area (Å²) in [5, 5.41) is 0. The molecule has 2 N–H and O–H groups in total. The minimum Gasteiger partial charge on any atom is -0.389 e. The molecule has 1 rings (SSSR count). The van der Waals surface area contributed by atoms with Crippen LogP contribution in [0.4, 0.5) is 5.69 Å². The Hall–Kier alpha value is -0.260. The van der Waals surface area contributed by atoms with E-state index in [0.717, 1.165) is 27.9 Å². The SMILES string of the molecule is CCC(CSC)N(C)c1cc(Br)ccc1C(N)=S. The molecule has 0 amide bonds. The average molecular weight is 347 g/mol. The largest absolute Gasteiger partial charge is 0.389 e. The Morgan fingerprint density at radius 3 is 2.72 bits per heavy atom. The molecule has 1 unspecified atom stereocenters. The normalized spacial score (nSPS) is 12.2. The minimum atomic E-state index is 0.448. The molecule has 0 spiro atoms. The standard InChI is InChI=1S/C13H19BrN2S2/c1-4-10(8-18-3)16(2)12-7-9(14)5-6-11(12)13(15)17/h5-7,10H,4,8H2,1-3H3,(H2,15,17). The van der Waals surface area contributed by atoms with Crippen molar-refractivity contribution >= 4 is 50.6 Å². The molecule has 0 aliphatic carbocycles. The van der Waals surface area contributed by atoms with E-state index in [4.69, 9.17) is 18.0 Å². The molecular formula is C13H19BrN2S2. The molecule has 0 aliphatic heterocycles. The number of thioether (sulfide) groups is 1. The van der Waals surface area contributed by atoms with E-state index < -0.39 is 0 Å². The zero-order valence-electron chi connectivity index (χ0n) is 10.9. The Bertz CT molecular complexity index is 423. The molecule has 1 atom stereocenters. The lowest BCUT2D eigenvalue weighted by Gasteiger charge is -2.30. The van der Waals surface area contributed by atoms with E-state index in [0.29, 0.717) is 11.0 Å². The van der Waals surface area contributed by atoms with Gasteiger partial charge in [0.15, 0.2) is 0 Å². The van der Waals surface area contributed by atoms with E-state index >= 15 is 0 Å². The van der Waals surface area contributed by atoms with E-state index in [9.17, 15) is 0 Å². The molecule has 2 nitrogen and oxygen atoms in total. The van der Waals surface area contributed by atoms with Gasteiger partial charge in [-0.05, 0) is 30.9 Å². The number of nitrogens with zero attached hydrogens (tertiary/aromatic N) is 1. The van der Waals surface area contributed by atoms with Crippen molar-refractivity contribution in [2.75, 3.05) is 24.0 Å². The summed E-state index contributed by atoms with van der Waals surface area (Å²) in [6.45, 7) is 2.20. The van der Waals surface area contributed by atoms with Gasteiger partial charge in [-0.1, -0.05) is 35.1 Å². The smallest absolute Gasteiger partial charge is 0.106 e. The molecule has 5 heteroatoms. The van der Waals surface area contributed by atoms with Crippen LogP contribution in [0.1, 0.15) is 18.9 Å². The summed E-state index contributed by atoms with van der Waals surface area (Å²) in [5.41, 5.74) is 7.84. The summed E-state index contributed by atoms with van der Waals surface area (Å²) in [7, 11) is 2.11. The maximum atomic E-state index is 5.80. The molecule has 0 fully saturated rings. The van der Waals surface area contributed by atoms with Gasteiger partial charge in [-0.3, -0.25) is 0 Å². The van der Waals surface area contributed by atoms with Crippen molar-refractivity contribution in [2.45, 2.75) is 19.4 Å². The predicted molar refractivity (Wildman–Crippen MR) is 90.9 cm³/mol. The predicted octanol–water partition coefficient (Wildman–Crippen LogP) is 3.66. The van der Waals surface area contributed by atoms with E-state index in [2.05, 4.69) is 47.1 Å². The highest BCUT2D eigenvalue weighted by molar-refractivity contribution is 9.10. The Morgan fingerprint density at radius 1 is 1.56 bits per heavy atom. The maximum absolute atomic E-state index is 5.80. The van der Waals surface area contributed by atoms with Crippen LogP contribution in [-0.2, 0) is 0 Å². The van der Waals surface area contributed by atoms with Crippen LogP contribution in [0.5, 0.6) is 0 Å². The van der Waals surface area contributed by atoms with Crippen molar-refractivity contribution in [2.24, 2.45) is 5.73 Å². The van der Waals surface area contributed by atoms with Gasteiger partial charge in [0.2, 0.25) is 0 Å². The second-order valence-electron chi connectivity index (χ2n) is 4.15. The number of benzene rings is 1. The van der Waals surface area contributed by atoms with Gasteiger partial charge in [0.25, 0.3) is 0 Å². The van der Waals surface area contributed by atoms with Crippen LogP contribution in [-0.4, -0.2) is 30.1 Å². The number of hydrogen-bond acceptors (Lipinski definition) is 3. The Labute approximate surface area is 127 Å². The molecule has 0 aromatic heterocycles. The fourth-order valence-electron chi connectivity index (χ4n) is 1.90. The number of hydrogen-bond donors (Lipinski definition) is 1. The Morgan fingerprint density at radius 2 is 2.22 bits per heavy atom. The summed E-state index contributed by atoms with van der Waals surface area (Å²) in [6, 6.07) is 6.52. The quantitative estimate of drug-likeness (QED) is 0.796. The molecule has 1 aromatic rings. The van der Waals surface area contributed by atoms with Crippen LogP contribution in [0, 0.1) is 0 Å². The Kier molecular flexibility index (Phi) is 6.46. The third kappa shape index (κ3) is 3.87. The monoisotopic (exact) mass is 346 g/mol. The van der Waals surface area contributed by atoms with Crippen molar-refractivity contribution in [3.05, 3.63) is 28.2 Å². The van der Waals surface area contributed by atoms with E-state index in [1.807, 2.05) is 23.9 Å². The second-order valence-corrected chi connectivity index (χ2v) is 6.42. The summed E-state index contributed by atoms with van der Waals surface area (Å²) in [4.78, 5) is 2.72. The molecule has 0 radical (unpaired) electrons. The summed E-state index contributed by atoms with van der Waals surface area (Å²) in [5.74, 6) is 1.09. The molecule has 0 heterocycles. The van der Waals surface area contributed by atoms with Gasteiger partial charge < -0.3 is 10.6 Å². The van der Waals surface area contributed by atoms with Gasteiger partial charge in [0.1, 0.15) is 4.99 Å². The number of thiocarbonyl (C=S) groups is 1. The first kappa shape index (κ1) is 15.8. The molecule has 0 bridgehead atoms. The lowest BCUT2D eigenvalue weighted by Crippen LogP contribution is -2.34. The van der Waals surface area contributed by atoms with Gasteiger partial charge in [0, 0.05) is 34.6 Å². The second kappa shape index (κ2) is 7.36.